The largest absolute Gasteiger partial charge is 1.00 e. The Morgan fingerprint density at radius 2 is 1.88 bits per heavy atom. The van der Waals surface area contributed by atoms with E-state index in [2.05, 4.69) is 12.2 Å². The molecule has 2 N–H and O–H groups in total. The van der Waals surface area contributed by atoms with Crippen molar-refractivity contribution in [2.75, 3.05) is 25.2 Å². The number of amides is 1. The molecule has 2 aromatic rings. The quantitative estimate of drug-likeness (QED) is 0.237. The zero-order valence-corrected chi connectivity index (χ0v) is 25.6. The summed E-state index contributed by atoms with van der Waals surface area (Å²) >= 11 is 1.56. The molecule has 1 aliphatic carbocycles. The van der Waals surface area contributed by atoms with E-state index in [1.165, 1.54) is 32.1 Å². The van der Waals surface area contributed by atoms with Crippen molar-refractivity contribution < 1.29 is 44.5 Å². The molecule has 1 saturated carbocycles. The van der Waals surface area contributed by atoms with E-state index in [0.717, 1.165) is 41.7 Å². The fraction of sp³-hybridized carbons (Fsp3) is 0.562. The SMILES string of the molecule is CCCOCC(CC1CCCCC1)OCc1ccc(C(=O)N[C@@H](CCSC)C(=O)O)c(-c2ccccc2C)c1.[H-].[Li+]. The van der Waals surface area contributed by atoms with Crippen molar-refractivity contribution in [2.24, 2.45) is 5.92 Å². The number of aryl methyl sites for hydroxylation is 1. The summed E-state index contributed by atoms with van der Waals surface area (Å²) in [6, 6.07) is 12.7. The Kier molecular flexibility index (Phi) is 16.0. The first-order valence-corrected chi connectivity index (χ1v) is 15.7. The van der Waals surface area contributed by atoms with Crippen LogP contribution < -0.4 is 24.2 Å². The fourth-order valence-electron chi connectivity index (χ4n) is 5.26. The molecule has 0 radical (unpaired) electrons. The molecule has 1 aliphatic rings. The number of ether oxygens (including phenoxy) is 2. The molecule has 216 valence electrons. The monoisotopic (exact) mass is 563 g/mol. The van der Waals surface area contributed by atoms with Crippen molar-refractivity contribution in [3.63, 3.8) is 0 Å². The normalized spacial score (nSPS) is 15.2. The van der Waals surface area contributed by atoms with Gasteiger partial charge in [0.05, 0.1) is 19.3 Å². The van der Waals surface area contributed by atoms with Crippen LogP contribution in [-0.4, -0.2) is 54.4 Å². The van der Waals surface area contributed by atoms with Crippen LogP contribution >= 0.6 is 11.8 Å². The molecule has 2 aromatic carbocycles. The number of carbonyl (C=O) groups excluding carboxylic acids is 1. The second-order valence-corrected chi connectivity index (χ2v) is 11.6. The molecule has 0 bridgehead atoms. The third-order valence-electron chi connectivity index (χ3n) is 7.44. The van der Waals surface area contributed by atoms with E-state index in [1.807, 2.05) is 49.6 Å². The number of nitrogens with one attached hydrogen (secondary N) is 1. The van der Waals surface area contributed by atoms with Crippen molar-refractivity contribution in [3.8, 4) is 11.1 Å². The number of thioether (sulfide) groups is 1. The maximum absolute atomic E-state index is 13.3. The van der Waals surface area contributed by atoms with E-state index in [1.54, 1.807) is 17.8 Å². The summed E-state index contributed by atoms with van der Waals surface area (Å²) in [5, 5.41) is 12.4. The van der Waals surface area contributed by atoms with Crippen LogP contribution in [0, 0.1) is 12.8 Å². The zero-order chi connectivity index (χ0) is 28.0. The molecular weight excluding hydrogens is 517 g/mol. The molecule has 0 heterocycles. The van der Waals surface area contributed by atoms with Gasteiger partial charge < -0.3 is 21.3 Å². The Labute approximate surface area is 258 Å². The predicted molar refractivity (Wildman–Crippen MR) is 160 cm³/mol. The van der Waals surface area contributed by atoms with E-state index in [0.29, 0.717) is 36.9 Å². The van der Waals surface area contributed by atoms with Crippen molar-refractivity contribution in [1.29, 1.82) is 0 Å². The second-order valence-electron chi connectivity index (χ2n) is 10.6. The van der Waals surface area contributed by atoms with Gasteiger partial charge in [0.2, 0.25) is 0 Å². The molecular formula is C32H46LiNO5S. The summed E-state index contributed by atoms with van der Waals surface area (Å²) in [6.07, 6.45) is 10.8. The zero-order valence-electron chi connectivity index (χ0n) is 25.7. The van der Waals surface area contributed by atoms with Gasteiger partial charge in [0, 0.05) is 12.2 Å². The summed E-state index contributed by atoms with van der Waals surface area (Å²) < 4.78 is 12.3. The van der Waals surface area contributed by atoms with Crippen LogP contribution in [0.1, 0.15) is 81.2 Å². The summed E-state index contributed by atoms with van der Waals surface area (Å²) in [5.41, 5.74) is 4.22. The van der Waals surface area contributed by atoms with E-state index in [-0.39, 0.29) is 32.3 Å². The molecule has 1 fully saturated rings. The van der Waals surface area contributed by atoms with Crippen LogP contribution in [0.3, 0.4) is 0 Å². The number of hydrogen-bond acceptors (Lipinski definition) is 5. The molecule has 3 rings (SSSR count). The van der Waals surface area contributed by atoms with Gasteiger partial charge in [0.1, 0.15) is 6.04 Å². The van der Waals surface area contributed by atoms with Crippen LogP contribution in [0.4, 0.5) is 0 Å². The van der Waals surface area contributed by atoms with Gasteiger partial charge in [-0.15, -0.1) is 0 Å². The third-order valence-corrected chi connectivity index (χ3v) is 8.08. The number of rotatable bonds is 16. The van der Waals surface area contributed by atoms with Crippen molar-refractivity contribution >= 4 is 23.6 Å². The van der Waals surface area contributed by atoms with Gasteiger partial charge in [-0.1, -0.05) is 69.4 Å². The van der Waals surface area contributed by atoms with Gasteiger partial charge in [-0.2, -0.15) is 11.8 Å². The summed E-state index contributed by atoms with van der Waals surface area (Å²) in [5.74, 6) is -0.0512. The number of aliphatic carboxylic acids is 1. The molecule has 0 aromatic heterocycles. The van der Waals surface area contributed by atoms with Crippen LogP contribution in [0.25, 0.3) is 11.1 Å². The fourth-order valence-corrected chi connectivity index (χ4v) is 5.73. The van der Waals surface area contributed by atoms with E-state index >= 15 is 0 Å². The minimum atomic E-state index is -1.02. The number of benzene rings is 2. The minimum absolute atomic E-state index is 0. The molecule has 8 heteroatoms. The number of carboxylic acids is 1. The number of hydrogen-bond donors (Lipinski definition) is 2. The van der Waals surface area contributed by atoms with E-state index in [9.17, 15) is 14.7 Å². The molecule has 1 amide bonds. The smallest absolute Gasteiger partial charge is 1.00 e. The number of carbonyl (C=O) groups is 2. The maximum Gasteiger partial charge on any atom is 1.00 e. The van der Waals surface area contributed by atoms with Gasteiger partial charge in [-0.3, -0.25) is 4.79 Å². The topological polar surface area (TPSA) is 84.9 Å². The first kappa shape index (κ1) is 34.4. The summed E-state index contributed by atoms with van der Waals surface area (Å²) in [4.78, 5) is 25.1. The molecule has 1 unspecified atom stereocenters. The predicted octanol–water partition coefficient (Wildman–Crippen LogP) is 4.00. The molecule has 40 heavy (non-hydrogen) atoms. The first-order chi connectivity index (χ1) is 18.9. The van der Waals surface area contributed by atoms with Gasteiger partial charge in [0.25, 0.3) is 5.91 Å². The average molecular weight is 564 g/mol. The number of carboxylic acid groups (broad SMARTS) is 1. The Hall–Kier alpha value is -1.75. The minimum Gasteiger partial charge on any atom is -1.00 e. The Morgan fingerprint density at radius 3 is 2.55 bits per heavy atom. The Balaban J connectivity index is 0.00000420. The van der Waals surface area contributed by atoms with Gasteiger partial charge in [-0.25, -0.2) is 4.79 Å². The molecule has 0 saturated heterocycles. The summed E-state index contributed by atoms with van der Waals surface area (Å²) in [7, 11) is 0. The van der Waals surface area contributed by atoms with Crippen molar-refractivity contribution in [1.82, 2.24) is 5.32 Å². The molecule has 6 nitrogen and oxygen atoms in total. The summed E-state index contributed by atoms with van der Waals surface area (Å²) in [6.45, 7) is 5.90. The second kappa shape index (κ2) is 18.6. The first-order valence-electron chi connectivity index (χ1n) is 14.3. The van der Waals surface area contributed by atoms with Crippen LogP contribution in [0.5, 0.6) is 0 Å². The Bertz CT molecular complexity index is 1070. The average Bonchev–Trinajstić information content (AvgIpc) is 2.94. The van der Waals surface area contributed by atoms with Crippen LogP contribution in [0.15, 0.2) is 42.5 Å². The third kappa shape index (κ3) is 10.9. The molecule has 2 atom stereocenters. The van der Waals surface area contributed by atoms with Crippen LogP contribution in [-0.2, 0) is 20.9 Å². The molecule has 0 spiro atoms. The maximum atomic E-state index is 13.3. The Morgan fingerprint density at radius 1 is 1.12 bits per heavy atom. The standard InChI is InChI=1S/C32H45NO5S.Li.H/c1-4-17-37-22-26(19-24-11-6-5-7-12-24)38-21-25-14-15-28(29(20-25)27-13-9-8-10-23(27)2)31(34)33-30(32(35)36)16-18-39-3;;/h8-10,13-15,20,24,26,30H,4-7,11-12,16-19,21-22H2,1-3H3,(H,33,34)(H,35,36);;/q;+1;-1/t26?,30-;;/m0../s1. The van der Waals surface area contributed by atoms with E-state index in [4.69, 9.17) is 9.47 Å². The van der Waals surface area contributed by atoms with E-state index < -0.39 is 12.0 Å². The van der Waals surface area contributed by atoms with Gasteiger partial charge >= 0.3 is 24.8 Å². The van der Waals surface area contributed by atoms with Crippen molar-refractivity contribution in [3.05, 3.63) is 59.2 Å². The van der Waals surface area contributed by atoms with Gasteiger partial charge in [-0.05, 0) is 78.5 Å². The van der Waals surface area contributed by atoms with Gasteiger partial charge in [0.15, 0.2) is 0 Å². The van der Waals surface area contributed by atoms with Crippen molar-refractivity contribution in [2.45, 2.75) is 84.0 Å². The molecule has 0 aliphatic heterocycles. The van der Waals surface area contributed by atoms with Crippen LogP contribution in [0.2, 0.25) is 0 Å².